The van der Waals surface area contributed by atoms with Gasteiger partial charge in [-0.1, -0.05) is 0 Å². The zero-order chi connectivity index (χ0) is 17.9. The molecule has 0 saturated heterocycles. The van der Waals surface area contributed by atoms with Gasteiger partial charge in [0.15, 0.2) is 11.5 Å². The van der Waals surface area contributed by atoms with Crippen LogP contribution in [0, 0.1) is 5.92 Å². The van der Waals surface area contributed by atoms with E-state index in [1.165, 1.54) is 26.4 Å². The molecule has 0 aliphatic heterocycles. The lowest BCUT2D eigenvalue weighted by atomic mass is 9.95. The summed E-state index contributed by atoms with van der Waals surface area (Å²) in [6.45, 7) is -0.835. The van der Waals surface area contributed by atoms with Crippen LogP contribution in [-0.4, -0.2) is 38.8 Å². The summed E-state index contributed by atoms with van der Waals surface area (Å²) in [5.41, 5.74) is 5.51. The Morgan fingerprint density at radius 2 is 1.84 bits per heavy atom. The van der Waals surface area contributed by atoms with Gasteiger partial charge in [-0.3, -0.25) is 4.79 Å². The summed E-state index contributed by atoms with van der Waals surface area (Å²) in [7, 11) is 2.59. The maximum absolute atomic E-state index is 12.6. The number of ether oxygens (including phenoxy) is 3. The molecule has 0 spiro atoms. The van der Waals surface area contributed by atoms with E-state index >= 15 is 0 Å². The summed E-state index contributed by atoms with van der Waals surface area (Å²) >= 11 is 0. The first-order valence-electron chi connectivity index (χ1n) is 7.58. The molecule has 1 aliphatic carbocycles. The smallest absolute Gasteiger partial charge is 0.387 e. The van der Waals surface area contributed by atoms with E-state index in [0.29, 0.717) is 12.5 Å². The number of alkyl halides is 2. The first kappa shape index (κ1) is 21.2. The molecule has 1 amide bonds. The van der Waals surface area contributed by atoms with Gasteiger partial charge in [-0.15, -0.1) is 12.4 Å². The molecule has 3 N–H and O–H groups in total. The fraction of sp³-hybridized carbons (Fsp3) is 0.562. The summed E-state index contributed by atoms with van der Waals surface area (Å²) in [6, 6.07) is 2.67. The number of amides is 1. The minimum Gasteiger partial charge on any atom is -0.493 e. The molecule has 0 radical (unpaired) electrons. The summed E-state index contributed by atoms with van der Waals surface area (Å²) in [6.07, 6.45) is 2.03. The highest BCUT2D eigenvalue weighted by Gasteiger charge is 2.41. The summed E-state index contributed by atoms with van der Waals surface area (Å²) in [5.74, 6) is -0.316. The number of rotatable bonds is 8. The van der Waals surface area contributed by atoms with Crippen LogP contribution in [0.5, 0.6) is 17.2 Å². The van der Waals surface area contributed by atoms with Crippen LogP contribution in [0.1, 0.15) is 30.1 Å². The molecule has 1 fully saturated rings. The third kappa shape index (κ3) is 4.85. The molecule has 1 aliphatic rings. The Morgan fingerprint density at radius 1 is 1.32 bits per heavy atom. The monoisotopic (exact) mass is 380 g/mol. The highest BCUT2D eigenvalue weighted by molar-refractivity contribution is 5.96. The first-order chi connectivity index (χ1) is 11.3. The Balaban J connectivity index is 0.00000312. The number of halogens is 3. The molecule has 9 heteroatoms. The van der Waals surface area contributed by atoms with E-state index < -0.39 is 12.2 Å². The molecule has 142 valence electrons. The normalized spacial score (nSPS) is 15.8. The summed E-state index contributed by atoms with van der Waals surface area (Å²) in [4.78, 5) is 12.6. The van der Waals surface area contributed by atoms with Crippen LogP contribution in [0.4, 0.5) is 8.78 Å². The predicted octanol–water partition coefficient (Wildman–Crippen LogP) is 2.58. The maximum Gasteiger partial charge on any atom is 0.387 e. The van der Waals surface area contributed by atoms with Gasteiger partial charge in [0.1, 0.15) is 0 Å². The van der Waals surface area contributed by atoms with Crippen molar-refractivity contribution in [2.45, 2.75) is 31.9 Å². The second kappa shape index (κ2) is 8.53. The molecular weight excluding hydrogens is 358 g/mol. The van der Waals surface area contributed by atoms with Crippen molar-refractivity contribution in [2.24, 2.45) is 11.7 Å². The largest absolute Gasteiger partial charge is 0.493 e. The topological polar surface area (TPSA) is 82.8 Å². The average Bonchev–Trinajstić information content (AvgIpc) is 3.39. The van der Waals surface area contributed by atoms with Gasteiger partial charge in [0.25, 0.3) is 5.91 Å². The maximum atomic E-state index is 12.6. The van der Waals surface area contributed by atoms with Crippen LogP contribution in [-0.2, 0) is 0 Å². The lowest BCUT2D eigenvalue weighted by Crippen LogP contribution is -2.53. The van der Waals surface area contributed by atoms with Crippen LogP contribution < -0.4 is 25.3 Å². The molecule has 25 heavy (non-hydrogen) atoms. The van der Waals surface area contributed by atoms with Gasteiger partial charge in [0.2, 0.25) is 5.75 Å². The highest BCUT2D eigenvalue weighted by atomic mass is 35.5. The molecule has 0 aromatic heterocycles. The molecule has 6 nitrogen and oxygen atoms in total. The van der Waals surface area contributed by atoms with Crippen LogP contribution in [0.3, 0.4) is 0 Å². The van der Waals surface area contributed by atoms with Gasteiger partial charge >= 0.3 is 6.61 Å². The SMILES string of the molecule is COc1cc(C(=O)NC(C)(CN)C2CC2)cc(OC)c1OC(F)F.Cl. The van der Waals surface area contributed by atoms with Crippen molar-refractivity contribution in [1.82, 2.24) is 5.32 Å². The molecule has 2 rings (SSSR count). The highest BCUT2D eigenvalue weighted by Crippen LogP contribution is 2.41. The van der Waals surface area contributed by atoms with E-state index in [1.807, 2.05) is 6.92 Å². The van der Waals surface area contributed by atoms with E-state index in [1.54, 1.807) is 0 Å². The van der Waals surface area contributed by atoms with E-state index in [2.05, 4.69) is 10.1 Å². The zero-order valence-corrected chi connectivity index (χ0v) is 15.1. The predicted molar refractivity (Wildman–Crippen MR) is 91.1 cm³/mol. The number of methoxy groups -OCH3 is 2. The van der Waals surface area contributed by atoms with E-state index in [9.17, 15) is 13.6 Å². The van der Waals surface area contributed by atoms with Crippen molar-refractivity contribution < 1.29 is 27.8 Å². The van der Waals surface area contributed by atoms with Crippen molar-refractivity contribution in [2.75, 3.05) is 20.8 Å². The standard InChI is InChI=1S/C16H22F2N2O4.ClH/c1-16(8-19,10-4-5-10)20-14(21)9-6-11(22-2)13(24-15(17)18)12(7-9)23-3;/h6-7,10,15H,4-5,8,19H2,1-3H3,(H,20,21);1H. The number of nitrogens with one attached hydrogen (secondary N) is 1. The van der Waals surface area contributed by atoms with Gasteiger partial charge in [0.05, 0.1) is 19.8 Å². The number of nitrogens with two attached hydrogens (primary N) is 1. The number of carbonyl (C=O) groups excluding carboxylic acids is 1. The van der Waals surface area contributed by atoms with Crippen molar-refractivity contribution >= 4 is 18.3 Å². The molecule has 1 unspecified atom stereocenters. The zero-order valence-electron chi connectivity index (χ0n) is 14.3. The molecule has 1 aromatic carbocycles. The van der Waals surface area contributed by atoms with Crippen LogP contribution >= 0.6 is 12.4 Å². The second-order valence-corrected chi connectivity index (χ2v) is 5.94. The minimum atomic E-state index is -3.04. The summed E-state index contributed by atoms with van der Waals surface area (Å²) < 4.78 is 39.6. The lowest BCUT2D eigenvalue weighted by molar-refractivity contribution is -0.0526. The van der Waals surface area contributed by atoms with Gasteiger partial charge in [0, 0.05) is 12.1 Å². The number of benzene rings is 1. The lowest BCUT2D eigenvalue weighted by Gasteiger charge is -2.29. The van der Waals surface area contributed by atoms with E-state index in [0.717, 1.165) is 12.8 Å². The molecule has 0 bridgehead atoms. The molecular formula is C16H23ClF2N2O4. The van der Waals surface area contributed by atoms with E-state index in [4.69, 9.17) is 15.2 Å². The number of hydrogen-bond acceptors (Lipinski definition) is 5. The van der Waals surface area contributed by atoms with E-state index in [-0.39, 0.29) is 41.1 Å². The van der Waals surface area contributed by atoms with Gasteiger partial charge < -0.3 is 25.3 Å². The van der Waals surface area contributed by atoms with Crippen LogP contribution in [0.15, 0.2) is 12.1 Å². The van der Waals surface area contributed by atoms with Gasteiger partial charge in [-0.2, -0.15) is 8.78 Å². The quantitative estimate of drug-likeness (QED) is 0.724. The third-order valence-corrected chi connectivity index (χ3v) is 4.23. The van der Waals surface area contributed by atoms with Crippen molar-refractivity contribution in [3.8, 4) is 17.2 Å². The fourth-order valence-electron chi connectivity index (χ4n) is 2.59. The van der Waals surface area contributed by atoms with Gasteiger partial charge in [-0.25, -0.2) is 0 Å². The molecule has 1 aromatic rings. The summed E-state index contributed by atoms with van der Waals surface area (Å²) in [5, 5.41) is 2.92. The Hall–Kier alpha value is -1.80. The third-order valence-electron chi connectivity index (χ3n) is 4.23. The number of carbonyl (C=O) groups is 1. The Kier molecular flexibility index (Phi) is 7.25. The first-order valence-corrected chi connectivity index (χ1v) is 7.58. The molecule has 0 heterocycles. The van der Waals surface area contributed by atoms with Crippen molar-refractivity contribution in [1.29, 1.82) is 0 Å². The fourth-order valence-corrected chi connectivity index (χ4v) is 2.59. The molecule has 1 saturated carbocycles. The van der Waals surface area contributed by atoms with Crippen LogP contribution in [0.2, 0.25) is 0 Å². The Labute approximate surface area is 151 Å². The van der Waals surface area contributed by atoms with Crippen LogP contribution in [0.25, 0.3) is 0 Å². The Morgan fingerprint density at radius 3 is 2.20 bits per heavy atom. The van der Waals surface area contributed by atoms with Crippen molar-refractivity contribution in [3.63, 3.8) is 0 Å². The van der Waals surface area contributed by atoms with Crippen molar-refractivity contribution in [3.05, 3.63) is 17.7 Å². The Bertz CT molecular complexity index is 589. The molecule has 1 atom stereocenters. The minimum absolute atomic E-state index is 0. The number of hydrogen-bond donors (Lipinski definition) is 2. The second-order valence-electron chi connectivity index (χ2n) is 5.94. The average molecular weight is 381 g/mol. The van der Waals surface area contributed by atoms with Gasteiger partial charge in [-0.05, 0) is 37.8 Å².